The number of carboxylic acid groups (broad SMARTS) is 1. The van der Waals surface area contributed by atoms with Crippen LogP contribution in [0.2, 0.25) is 0 Å². The predicted octanol–water partition coefficient (Wildman–Crippen LogP) is 2.11. The van der Waals surface area contributed by atoms with E-state index in [9.17, 15) is 4.79 Å². The quantitative estimate of drug-likeness (QED) is 0.856. The van der Waals surface area contributed by atoms with Crippen LogP contribution < -0.4 is 0 Å². The summed E-state index contributed by atoms with van der Waals surface area (Å²) >= 11 is 1.55. The summed E-state index contributed by atoms with van der Waals surface area (Å²) in [6.45, 7) is 1.79. The van der Waals surface area contributed by atoms with Gasteiger partial charge in [0, 0.05) is 23.9 Å². The summed E-state index contributed by atoms with van der Waals surface area (Å²) in [5.41, 5.74) is 1.99. The molecule has 1 N–H and O–H groups in total. The molecule has 2 rings (SSSR count). The Morgan fingerprint density at radius 3 is 2.89 bits per heavy atom. The zero-order valence-corrected chi connectivity index (χ0v) is 10.9. The summed E-state index contributed by atoms with van der Waals surface area (Å²) in [4.78, 5) is 11.9. The smallest absolute Gasteiger partial charge is 0.335 e. The van der Waals surface area contributed by atoms with Gasteiger partial charge in [-0.25, -0.2) is 4.79 Å². The maximum absolute atomic E-state index is 11.0. The highest BCUT2D eigenvalue weighted by Crippen LogP contribution is 2.24. The molecule has 0 aliphatic rings. The van der Waals surface area contributed by atoms with E-state index in [4.69, 9.17) is 5.11 Å². The summed E-state index contributed by atoms with van der Waals surface area (Å²) in [6.07, 6.45) is 1.85. The topological polar surface area (TPSA) is 68.0 Å². The molecule has 0 spiro atoms. The molecule has 0 fully saturated rings. The molecule has 94 valence electrons. The largest absolute Gasteiger partial charge is 0.478 e. The fourth-order valence-electron chi connectivity index (χ4n) is 1.54. The second-order valence-corrected chi connectivity index (χ2v) is 5.00. The van der Waals surface area contributed by atoms with Crippen LogP contribution >= 0.6 is 11.8 Å². The summed E-state index contributed by atoms with van der Waals surface area (Å²) < 4.78 is 1.65. The Balaban J connectivity index is 2.10. The number of thioether (sulfide) groups is 1. The van der Waals surface area contributed by atoms with Crippen molar-refractivity contribution >= 4 is 17.7 Å². The minimum Gasteiger partial charge on any atom is -0.478 e. The first-order valence-electron chi connectivity index (χ1n) is 5.38. The molecule has 0 amide bonds. The minimum atomic E-state index is -0.894. The lowest BCUT2D eigenvalue weighted by molar-refractivity contribution is 0.0696. The van der Waals surface area contributed by atoms with Crippen LogP contribution in [0.5, 0.6) is 0 Å². The van der Waals surface area contributed by atoms with Crippen LogP contribution in [0, 0.1) is 6.92 Å². The van der Waals surface area contributed by atoms with E-state index in [0.29, 0.717) is 11.3 Å². The van der Waals surface area contributed by atoms with Crippen LogP contribution in [0.15, 0.2) is 29.3 Å². The van der Waals surface area contributed by atoms with Gasteiger partial charge in [0.25, 0.3) is 0 Å². The molecule has 0 saturated heterocycles. The maximum Gasteiger partial charge on any atom is 0.335 e. The van der Waals surface area contributed by atoms with Crippen molar-refractivity contribution in [1.82, 2.24) is 15.0 Å². The van der Waals surface area contributed by atoms with E-state index < -0.39 is 5.97 Å². The number of benzene rings is 1. The predicted molar refractivity (Wildman–Crippen MR) is 68.7 cm³/mol. The molecule has 0 bridgehead atoms. The Hall–Kier alpha value is -1.82. The Bertz CT molecular complexity index is 580. The van der Waals surface area contributed by atoms with E-state index in [1.807, 2.05) is 25.4 Å². The Kier molecular flexibility index (Phi) is 3.66. The third-order valence-corrected chi connectivity index (χ3v) is 3.50. The number of nitrogens with zero attached hydrogens (tertiary/aromatic N) is 3. The number of rotatable bonds is 4. The highest BCUT2D eigenvalue weighted by Gasteiger charge is 2.08. The van der Waals surface area contributed by atoms with Gasteiger partial charge in [-0.05, 0) is 24.6 Å². The van der Waals surface area contributed by atoms with E-state index in [1.54, 1.807) is 29.4 Å². The summed E-state index contributed by atoms with van der Waals surface area (Å²) in [7, 11) is 1.82. The van der Waals surface area contributed by atoms with Crippen molar-refractivity contribution in [3.8, 4) is 0 Å². The first kappa shape index (κ1) is 12.6. The second kappa shape index (κ2) is 5.22. The number of carbonyl (C=O) groups is 1. The van der Waals surface area contributed by atoms with Crippen molar-refractivity contribution in [2.45, 2.75) is 17.6 Å². The fraction of sp³-hybridized carbons (Fsp3) is 0.250. The van der Waals surface area contributed by atoms with Gasteiger partial charge >= 0.3 is 5.97 Å². The van der Waals surface area contributed by atoms with Crippen molar-refractivity contribution in [2.24, 2.45) is 7.05 Å². The highest BCUT2D eigenvalue weighted by atomic mass is 32.2. The van der Waals surface area contributed by atoms with Crippen molar-refractivity contribution < 1.29 is 9.90 Å². The first-order chi connectivity index (χ1) is 8.56. The molecule has 1 aromatic carbocycles. The van der Waals surface area contributed by atoms with Gasteiger partial charge in [0.1, 0.15) is 0 Å². The van der Waals surface area contributed by atoms with Crippen molar-refractivity contribution in [3.63, 3.8) is 0 Å². The number of hydrogen-bond donors (Lipinski definition) is 1. The van der Waals surface area contributed by atoms with Gasteiger partial charge in [-0.3, -0.25) is 4.68 Å². The molecule has 18 heavy (non-hydrogen) atoms. The maximum atomic E-state index is 11.0. The Morgan fingerprint density at radius 1 is 1.50 bits per heavy atom. The van der Waals surface area contributed by atoms with Crippen molar-refractivity contribution in [1.29, 1.82) is 0 Å². The number of hydrogen-bond acceptors (Lipinski definition) is 4. The van der Waals surface area contributed by atoms with Crippen molar-refractivity contribution in [3.05, 3.63) is 41.2 Å². The van der Waals surface area contributed by atoms with Gasteiger partial charge in [-0.2, -0.15) is 0 Å². The third-order valence-electron chi connectivity index (χ3n) is 2.48. The van der Waals surface area contributed by atoms with Gasteiger partial charge in [-0.15, -0.1) is 16.9 Å². The summed E-state index contributed by atoms with van der Waals surface area (Å²) in [5, 5.41) is 16.9. The first-order valence-corrected chi connectivity index (χ1v) is 6.37. The average Bonchev–Trinajstić information content (AvgIpc) is 2.74. The molecular formula is C12H13N3O2S. The molecule has 0 aliphatic heterocycles. The minimum absolute atomic E-state index is 0.346. The number of aryl methyl sites for hydroxylation is 2. The van der Waals surface area contributed by atoms with Gasteiger partial charge in [0.15, 0.2) is 0 Å². The molecule has 0 unspecified atom stereocenters. The number of carboxylic acids is 1. The van der Waals surface area contributed by atoms with E-state index in [1.165, 1.54) is 0 Å². The molecule has 1 heterocycles. The van der Waals surface area contributed by atoms with E-state index in [0.717, 1.165) is 16.2 Å². The number of aromatic nitrogens is 3. The molecular weight excluding hydrogens is 250 g/mol. The van der Waals surface area contributed by atoms with Crippen LogP contribution in [-0.2, 0) is 12.8 Å². The Labute approximate surface area is 109 Å². The lowest BCUT2D eigenvalue weighted by atomic mass is 10.1. The lowest BCUT2D eigenvalue weighted by Crippen LogP contribution is -1.99. The summed E-state index contributed by atoms with van der Waals surface area (Å²) in [6, 6.07) is 5.43. The molecule has 2 aromatic rings. The van der Waals surface area contributed by atoms with Crippen molar-refractivity contribution in [2.75, 3.05) is 0 Å². The van der Waals surface area contributed by atoms with Gasteiger partial charge in [0.05, 0.1) is 11.3 Å². The zero-order valence-electron chi connectivity index (χ0n) is 10.1. The highest BCUT2D eigenvalue weighted by molar-refractivity contribution is 7.98. The molecule has 6 heteroatoms. The molecule has 0 radical (unpaired) electrons. The SMILES string of the molecule is Cc1ccc(SCc2cn(C)nn2)cc1C(=O)O. The fourth-order valence-corrected chi connectivity index (χ4v) is 2.35. The van der Waals surface area contributed by atoms with Gasteiger partial charge in [-0.1, -0.05) is 11.3 Å². The molecule has 0 saturated carbocycles. The van der Waals surface area contributed by atoms with Crippen LogP contribution in [0.4, 0.5) is 0 Å². The molecule has 0 atom stereocenters. The summed E-state index contributed by atoms with van der Waals surface area (Å²) in [5.74, 6) is -0.217. The third kappa shape index (κ3) is 2.89. The van der Waals surface area contributed by atoms with E-state index in [-0.39, 0.29) is 0 Å². The average molecular weight is 263 g/mol. The van der Waals surface area contributed by atoms with E-state index in [2.05, 4.69) is 10.3 Å². The van der Waals surface area contributed by atoms with Gasteiger partial charge in [0.2, 0.25) is 0 Å². The van der Waals surface area contributed by atoms with E-state index >= 15 is 0 Å². The normalized spacial score (nSPS) is 10.6. The van der Waals surface area contributed by atoms with Crippen LogP contribution in [0.3, 0.4) is 0 Å². The molecule has 5 nitrogen and oxygen atoms in total. The second-order valence-electron chi connectivity index (χ2n) is 3.95. The Morgan fingerprint density at radius 2 is 2.28 bits per heavy atom. The molecule has 0 aliphatic carbocycles. The standard InChI is InChI=1S/C12H13N3O2S/c1-8-3-4-10(5-11(8)12(16)17)18-7-9-6-15(2)14-13-9/h3-6H,7H2,1-2H3,(H,16,17). The van der Waals surface area contributed by atoms with Crippen LogP contribution in [-0.4, -0.2) is 26.1 Å². The molecule has 1 aromatic heterocycles. The van der Waals surface area contributed by atoms with Crippen LogP contribution in [0.25, 0.3) is 0 Å². The number of aromatic carboxylic acids is 1. The zero-order chi connectivity index (χ0) is 13.1. The lowest BCUT2D eigenvalue weighted by Gasteiger charge is -2.04. The monoisotopic (exact) mass is 263 g/mol. The van der Waals surface area contributed by atoms with Crippen LogP contribution in [0.1, 0.15) is 21.6 Å². The van der Waals surface area contributed by atoms with Gasteiger partial charge < -0.3 is 5.11 Å².